The van der Waals surface area contributed by atoms with Gasteiger partial charge in [0.15, 0.2) is 0 Å². The SMILES string of the molecule is CCNC(c1cccc2nccnc12)C(CC)CC. The maximum atomic E-state index is 4.53. The molecule has 0 aliphatic rings. The smallest absolute Gasteiger partial charge is 0.0934 e. The average Bonchev–Trinajstić information content (AvgIpc) is 2.47. The number of hydrogen-bond donors (Lipinski definition) is 1. The summed E-state index contributed by atoms with van der Waals surface area (Å²) in [5.41, 5.74) is 3.29. The van der Waals surface area contributed by atoms with E-state index < -0.39 is 0 Å². The van der Waals surface area contributed by atoms with Gasteiger partial charge in [-0.1, -0.05) is 45.7 Å². The van der Waals surface area contributed by atoms with Crippen molar-refractivity contribution in [3.63, 3.8) is 0 Å². The van der Waals surface area contributed by atoms with Gasteiger partial charge in [-0.2, -0.15) is 0 Å². The zero-order valence-corrected chi connectivity index (χ0v) is 12.1. The third-order valence-corrected chi connectivity index (χ3v) is 3.81. The second-order valence-corrected chi connectivity index (χ2v) is 4.88. The minimum Gasteiger partial charge on any atom is -0.310 e. The van der Waals surface area contributed by atoms with Crippen molar-refractivity contribution in [2.24, 2.45) is 5.92 Å². The Hall–Kier alpha value is -1.48. The monoisotopic (exact) mass is 257 g/mol. The molecule has 2 aromatic rings. The van der Waals surface area contributed by atoms with Crippen molar-refractivity contribution in [3.05, 3.63) is 36.2 Å². The molecule has 0 bridgehead atoms. The zero-order valence-electron chi connectivity index (χ0n) is 12.1. The molecule has 0 radical (unpaired) electrons. The standard InChI is InChI=1S/C16H23N3/c1-4-12(5-2)15(17-6-3)13-8-7-9-14-16(13)19-11-10-18-14/h7-12,15,17H,4-6H2,1-3H3. The molecule has 1 aromatic carbocycles. The Balaban J connectivity index is 2.49. The Kier molecular flexibility index (Phi) is 4.86. The number of nitrogens with one attached hydrogen (secondary N) is 1. The van der Waals surface area contributed by atoms with E-state index in [1.54, 1.807) is 12.4 Å². The minimum absolute atomic E-state index is 0.361. The molecule has 1 N–H and O–H groups in total. The van der Waals surface area contributed by atoms with Crippen molar-refractivity contribution in [2.45, 2.75) is 39.7 Å². The molecule has 0 fully saturated rings. The summed E-state index contributed by atoms with van der Waals surface area (Å²) in [5.74, 6) is 0.632. The third-order valence-electron chi connectivity index (χ3n) is 3.81. The summed E-state index contributed by atoms with van der Waals surface area (Å²) in [6, 6.07) is 6.66. The molecule has 0 saturated heterocycles. The van der Waals surface area contributed by atoms with Crippen LogP contribution in [0.3, 0.4) is 0 Å². The molecule has 1 aromatic heterocycles. The van der Waals surface area contributed by atoms with Gasteiger partial charge in [0.1, 0.15) is 0 Å². The zero-order chi connectivity index (χ0) is 13.7. The molecule has 0 spiro atoms. The Morgan fingerprint density at radius 1 is 1.05 bits per heavy atom. The number of benzene rings is 1. The van der Waals surface area contributed by atoms with Crippen LogP contribution in [0.2, 0.25) is 0 Å². The van der Waals surface area contributed by atoms with Crippen LogP contribution in [0, 0.1) is 5.92 Å². The van der Waals surface area contributed by atoms with Crippen LogP contribution in [0.15, 0.2) is 30.6 Å². The van der Waals surface area contributed by atoms with Gasteiger partial charge in [-0.3, -0.25) is 9.97 Å². The van der Waals surface area contributed by atoms with E-state index in [1.165, 1.54) is 18.4 Å². The second-order valence-electron chi connectivity index (χ2n) is 4.88. The van der Waals surface area contributed by atoms with Crippen molar-refractivity contribution >= 4 is 11.0 Å². The maximum Gasteiger partial charge on any atom is 0.0934 e. The first kappa shape index (κ1) is 13.9. The molecule has 0 saturated carbocycles. The van der Waals surface area contributed by atoms with E-state index in [4.69, 9.17) is 0 Å². The molecular weight excluding hydrogens is 234 g/mol. The second kappa shape index (κ2) is 6.62. The van der Waals surface area contributed by atoms with E-state index in [-0.39, 0.29) is 0 Å². The van der Waals surface area contributed by atoms with Crippen LogP contribution in [0.1, 0.15) is 45.2 Å². The minimum atomic E-state index is 0.361. The van der Waals surface area contributed by atoms with E-state index in [2.05, 4.69) is 48.2 Å². The van der Waals surface area contributed by atoms with Gasteiger partial charge in [-0.15, -0.1) is 0 Å². The van der Waals surface area contributed by atoms with E-state index >= 15 is 0 Å². The summed E-state index contributed by atoms with van der Waals surface area (Å²) in [6.07, 6.45) is 5.88. The largest absolute Gasteiger partial charge is 0.310 e. The van der Waals surface area contributed by atoms with Crippen molar-refractivity contribution in [3.8, 4) is 0 Å². The van der Waals surface area contributed by atoms with Gasteiger partial charge in [0.2, 0.25) is 0 Å². The van der Waals surface area contributed by atoms with Gasteiger partial charge in [-0.05, 0) is 24.1 Å². The van der Waals surface area contributed by atoms with Crippen LogP contribution in [-0.4, -0.2) is 16.5 Å². The molecule has 3 nitrogen and oxygen atoms in total. The molecule has 0 amide bonds. The predicted molar refractivity (Wildman–Crippen MR) is 80.0 cm³/mol. The van der Waals surface area contributed by atoms with Gasteiger partial charge in [0, 0.05) is 18.4 Å². The number of fused-ring (bicyclic) bond motifs is 1. The molecule has 2 rings (SSSR count). The molecular formula is C16H23N3. The van der Waals surface area contributed by atoms with Crippen LogP contribution in [0.25, 0.3) is 11.0 Å². The van der Waals surface area contributed by atoms with E-state index in [0.717, 1.165) is 17.6 Å². The van der Waals surface area contributed by atoms with Crippen LogP contribution >= 0.6 is 0 Å². The van der Waals surface area contributed by atoms with E-state index in [0.29, 0.717) is 12.0 Å². The van der Waals surface area contributed by atoms with Gasteiger partial charge in [0.05, 0.1) is 11.0 Å². The number of rotatable bonds is 6. The van der Waals surface area contributed by atoms with Crippen molar-refractivity contribution in [1.82, 2.24) is 15.3 Å². The Labute approximate surface area is 115 Å². The number of aromatic nitrogens is 2. The summed E-state index contributed by atoms with van der Waals surface area (Å²) >= 11 is 0. The molecule has 0 aliphatic carbocycles. The predicted octanol–water partition coefficient (Wildman–Crippen LogP) is 3.72. The number of para-hydroxylation sites is 1. The highest BCUT2D eigenvalue weighted by Crippen LogP contribution is 2.30. The van der Waals surface area contributed by atoms with Crippen LogP contribution in [0.5, 0.6) is 0 Å². The Bertz CT molecular complexity index is 515. The summed E-state index contributed by atoms with van der Waals surface area (Å²) in [4.78, 5) is 8.94. The van der Waals surface area contributed by atoms with Crippen LogP contribution in [0.4, 0.5) is 0 Å². The summed E-state index contributed by atoms with van der Waals surface area (Å²) in [6.45, 7) is 7.65. The van der Waals surface area contributed by atoms with Crippen molar-refractivity contribution < 1.29 is 0 Å². The highest BCUT2D eigenvalue weighted by molar-refractivity contribution is 5.78. The lowest BCUT2D eigenvalue weighted by Crippen LogP contribution is -2.28. The molecule has 0 aliphatic heterocycles. The van der Waals surface area contributed by atoms with E-state index in [9.17, 15) is 0 Å². The summed E-state index contributed by atoms with van der Waals surface area (Å²) < 4.78 is 0. The lowest BCUT2D eigenvalue weighted by atomic mass is 9.88. The third kappa shape index (κ3) is 2.92. The first-order chi connectivity index (χ1) is 9.31. The quantitative estimate of drug-likeness (QED) is 0.857. The number of nitrogens with zero attached hydrogens (tertiary/aromatic N) is 2. The summed E-state index contributed by atoms with van der Waals surface area (Å²) in [7, 11) is 0. The molecule has 1 atom stereocenters. The molecule has 3 heteroatoms. The van der Waals surface area contributed by atoms with Crippen molar-refractivity contribution in [1.29, 1.82) is 0 Å². The Morgan fingerprint density at radius 3 is 2.47 bits per heavy atom. The Morgan fingerprint density at radius 2 is 1.79 bits per heavy atom. The van der Waals surface area contributed by atoms with E-state index in [1.807, 2.05) is 6.07 Å². The number of hydrogen-bond acceptors (Lipinski definition) is 3. The van der Waals surface area contributed by atoms with Gasteiger partial charge < -0.3 is 5.32 Å². The fourth-order valence-corrected chi connectivity index (χ4v) is 2.78. The fraction of sp³-hybridized carbons (Fsp3) is 0.500. The fourth-order valence-electron chi connectivity index (χ4n) is 2.78. The topological polar surface area (TPSA) is 37.8 Å². The van der Waals surface area contributed by atoms with Crippen LogP contribution < -0.4 is 5.32 Å². The first-order valence-electron chi connectivity index (χ1n) is 7.24. The normalized spacial score (nSPS) is 13.1. The molecule has 1 unspecified atom stereocenters. The maximum absolute atomic E-state index is 4.53. The average molecular weight is 257 g/mol. The van der Waals surface area contributed by atoms with Gasteiger partial charge >= 0.3 is 0 Å². The van der Waals surface area contributed by atoms with Gasteiger partial charge in [0.25, 0.3) is 0 Å². The molecule has 102 valence electrons. The molecule has 19 heavy (non-hydrogen) atoms. The lowest BCUT2D eigenvalue weighted by Gasteiger charge is -2.27. The molecule has 1 heterocycles. The van der Waals surface area contributed by atoms with Gasteiger partial charge in [-0.25, -0.2) is 0 Å². The van der Waals surface area contributed by atoms with Crippen molar-refractivity contribution in [2.75, 3.05) is 6.54 Å². The highest BCUT2D eigenvalue weighted by atomic mass is 14.9. The highest BCUT2D eigenvalue weighted by Gasteiger charge is 2.21. The summed E-state index contributed by atoms with van der Waals surface area (Å²) in [5, 5.41) is 3.63. The van der Waals surface area contributed by atoms with Crippen LogP contribution in [-0.2, 0) is 0 Å². The first-order valence-corrected chi connectivity index (χ1v) is 7.24. The lowest BCUT2D eigenvalue weighted by molar-refractivity contribution is 0.348.